The van der Waals surface area contributed by atoms with Crippen LogP contribution >= 0.6 is 0 Å². The van der Waals surface area contributed by atoms with Crippen LogP contribution in [-0.2, 0) is 0 Å². The molecule has 0 amide bonds. The van der Waals surface area contributed by atoms with Gasteiger partial charge in [-0.25, -0.2) is 0 Å². The Morgan fingerprint density at radius 3 is 2.62 bits per heavy atom. The molecular formula is C13H27N3. The molecule has 2 rings (SSSR count). The SMILES string of the molecule is CN1CCCC(NCCN2CCCC2)CC1. The molecule has 0 bridgehead atoms. The maximum atomic E-state index is 3.74. The molecule has 2 saturated heterocycles. The van der Waals surface area contributed by atoms with Crippen molar-refractivity contribution < 1.29 is 0 Å². The van der Waals surface area contributed by atoms with Gasteiger partial charge in [0.05, 0.1) is 0 Å². The van der Waals surface area contributed by atoms with Gasteiger partial charge in [0.25, 0.3) is 0 Å². The fraction of sp³-hybridized carbons (Fsp3) is 1.00. The van der Waals surface area contributed by atoms with E-state index in [0.717, 1.165) is 6.04 Å². The van der Waals surface area contributed by atoms with E-state index in [-0.39, 0.29) is 0 Å². The largest absolute Gasteiger partial charge is 0.313 e. The van der Waals surface area contributed by atoms with Gasteiger partial charge in [0, 0.05) is 19.1 Å². The van der Waals surface area contributed by atoms with Crippen LogP contribution in [0, 0.1) is 0 Å². The van der Waals surface area contributed by atoms with Gasteiger partial charge in [0.15, 0.2) is 0 Å². The van der Waals surface area contributed by atoms with Crippen molar-refractivity contribution in [3.8, 4) is 0 Å². The van der Waals surface area contributed by atoms with Crippen LogP contribution in [0.5, 0.6) is 0 Å². The highest BCUT2D eigenvalue weighted by molar-refractivity contribution is 4.74. The summed E-state index contributed by atoms with van der Waals surface area (Å²) in [5.41, 5.74) is 0. The minimum atomic E-state index is 0.771. The smallest absolute Gasteiger partial charge is 0.0107 e. The van der Waals surface area contributed by atoms with E-state index < -0.39 is 0 Å². The molecule has 3 heteroatoms. The zero-order chi connectivity index (χ0) is 11.2. The van der Waals surface area contributed by atoms with Crippen molar-refractivity contribution in [2.24, 2.45) is 0 Å². The Labute approximate surface area is 100 Å². The molecule has 0 aromatic heterocycles. The van der Waals surface area contributed by atoms with Crippen molar-refractivity contribution in [1.82, 2.24) is 15.1 Å². The molecule has 0 aromatic carbocycles. The van der Waals surface area contributed by atoms with Gasteiger partial charge in [-0.15, -0.1) is 0 Å². The highest BCUT2D eigenvalue weighted by atomic mass is 15.2. The highest BCUT2D eigenvalue weighted by Gasteiger charge is 2.15. The summed E-state index contributed by atoms with van der Waals surface area (Å²) in [6.45, 7) is 7.65. The molecule has 2 fully saturated rings. The maximum Gasteiger partial charge on any atom is 0.0107 e. The van der Waals surface area contributed by atoms with E-state index in [0.29, 0.717) is 0 Å². The van der Waals surface area contributed by atoms with Crippen molar-refractivity contribution in [1.29, 1.82) is 0 Å². The molecule has 2 heterocycles. The summed E-state index contributed by atoms with van der Waals surface area (Å²) in [6, 6.07) is 0.771. The quantitative estimate of drug-likeness (QED) is 0.774. The van der Waals surface area contributed by atoms with Crippen molar-refractivity contribution >= 4 is 0 Å². The van der Waals surface area contributed by atoms with Crippen molar-refractivity contribution in [2.75, 3.05) is 46.3 Å². The summed E-state index contributed by atoms with van der Waals surface area (Å²) in [6.07, 6.45) is 6.88. The van der Waals surface area contributed by atoms with Gasteiger partial charge >= 0.3 is 0 Å². The molecule has 0 spiro atoms. The minimum Gasteiger partial charge on any atom is -0.313 e. The van der Waals surface area contributed by atoms with Crippen LogP contribution in [0.1, 0.15) is 32.1 Å². The maximum absolute atomic E-state index is 3.74. The van der Waals surface area contributed by atoms with E-state index in [9.17, 15) is 0 Å². The average Bonchev–Trinajstić information content (AvgIpc) is 2.70. The van der Waals surface area contributed by atoms with Gasteiger partial charge in [-0.1, -0.05) is 0 Å². The second-order valence-corrected chi connectivity index (χ2v) is 5.43. The standard InChI is InChI=1S/C13H27N3/c1-15-8-4-5-13(6-11-15)14-7-12-16-9-2-3-10-16/h13-14H,2-12H2,1H3. The summed E-state index contributed by atoms with van der Waals surface area (Å²) in [5.74, 6) is 0. The summed E-state index contributed by atoms with van der Waals surface area (Å²) in [7, 11) is 2.24. The summed E-state index contributed by atoms with van der Waals surface area (Å²) >= 11 is 0. The Morgan fingerprint density at radius 2 is 1.81 bits per heavy atom. The zero-order valence-electron chi connectivity index (χ0n) is 10.7. The molecule has 0 radical (unpaired) electrons. The third-order valence-electron chi connectivity index (χ3n) is 4.01. The van der Waals surface area contributed by atoms with Crippen LogP contribution in [0.15, 0.2) is 0 Å². The number of hydrogen-bond acceptors (Lipinski definition) is 3. The molecule has 1 atom stereocenters. The lowest BCUT2D eigenvalue weighted by Gasteiger charge is -2.20. The first-order valence-electron chi connectivity index (χ1n) is 6.99. The first-order valence-corrected chi connectivity index (χ1v) is 6.99. The van der Waals surface area contributed by atoms with E-state index in [1.54, 1.807) is 0 Å². The topological polar surface area (TPSA) is 18.5 Å². The lowest BCUT2D eigenvalue weighted by atomic mass is 10.1. The van der Waals surface area contributed by atoms with Crippen LogP contribution in [0.3, 0.4) is 0 Å². The number of rotatable bonds is 4. The zero-order valence-corrected chi connectivity index (χ0v) is 10.7. The van der Waals surface area contributed by atoms with Crippen LogP contribution in [-0.4, -0.2) is 62.2 Å². The Kier molecular flexibility index (Phi) is 5.07. The van der Waals surface area contributed by atoms with Gasteiger partial charge in [0.2, 0.25) is 0 Å². The lowest BCUT2D eigenvalue weighted by molar-refractivity contribution is 0.317. The van der Waals surface area contributed by atoms with Gasteiger partial charge in [-0.3, -0.25) is 0 Å². The van der Waals surface area contributed by atoms with Crippen molar-refractivity contribution in [3.05, 3.63) is 0 Å². The first-order chi connectivity index (χ1) is 7.84. The van der Waals surface area contributed by atoms with Crippen LogP contribution in [0.4, 0.5) is 0 Å². The predicted molar refractivity (Wildman–Crippen MR) is 68.8 cm³/mol. The second-order valence-electron chi connectivity index (χ2n) is 5.43. The summed E-state index contributed by atoms with van der Waals surface area (Å²) in [4.78, 5) is 5.05. The van der Waals surface area contributed by atoms with Crippen LogP contribution < -0.4 is 5.32 Å². The molecule has 2 aliphatic rings. The Morgan fingerprint density at radius 1 is 1.00 bits per heavy atom. The minimum absolute atomic E-state index is 0.771. The highest BCUT2D eigenvalue weighted by Crippen LogP contribution is 2.10. The lowest BCUT2D eigenvalue weighted by Crippen LogP contribution is -2.36. The molecule has 0 saturated carbocycles. The molecular weight excluding hydrogens is 198 g/mol. The molecule has 2 aliphatic heterocycles. The van der Waals surface area contributed by atoms with Gasteiger partial charge in [-0.05, 0) is 65.3 Å². The van der Waals surface area contributed by atoms with Gasteiger partial charge < -0.3 is 15.1 Å². The molecule has 3 nitrogen and oxygen atoms in total. The average molecular weight is 225 g/mol. The van der Waals surface area contributed by atoms with Crippen LogP contribution in [0.2, 0.25) is 0 Å². The number of likely N-dealkylation sites (tertiary alicyclic amines) is 2. The molecule has 1 unspecified atom stereocenters. The van der Waals surface area contributed by atoms with E-state index in [4.69, 9.17) is 0 Å². The normalized spacial score (nSPS) is 29.4. The molecule has 16 heavy (non-hydrogen) atoms. The van der Waals surface area contributed by atoms with Gasteiger partial charge in [0.1, 0.15) is 0 Å². The molecule has 94 valence electrons. The van der Waals surface area contributed by atoms with Crippen molar-refractivity contribution in [2.45, 2.75) is 38.1 Å². The Balaban J connectivity index is 1.57. The monoisotopic (exact) mass is 225 g/mol. The molecule has 0 aromatic rings. The van der Waals surface area contributed by atoms with Gasteiger partial charge in [-0.2, -0.15) is 0 Å². The summed E-state index contributed by atoms with van der Waals surface area (Å²) < 4.78 is 0. The third-order valence-corrected chi connectivity index (χ3v) is 4.01. The number of nitrogens with zero attached hydrogens (tertiary/aromatic N) is 2. The predicted octanol–water partition coefficient (Wildman–Crippen LogP) is 1.16. The molecule has 1 N–H and O–H groups in total. The number of nitrogens with one attached hydrogen (secondary N) is 1. The number of hydrogen-bond donors (Lipinski definition) is 1. The Bertz CT molecular complexity index is 190. The summed E-state index contributed by atoms with van der Waals surface area (Å²) in [5, 5.41) is 3.74. The van der Waals surface area contributed by atoms with E-state index in [1.165, 1.54) is 71.4 Å². The fourth-order valence-corrected chi connectivity index (χ4v) is 2.88. The van der Waals surface area contributed by atoms with Crippen LogP contribution in [0.25, 0.3) is 0 Å². The van der Waals surface area contributed by atoms with E-state index in [1.807, 2.05) is 0 Å². The second kappa shape index (κ2) is 6.58. The van der Waals surface area contributed by atoms with E-state index in [2.05, 4.69) is 22.2 Å². The van der Waals surface area contributed by atoms with Crippen molar-refractivity contribution in [3.63, 3.8) is 0 Å². The first kappa shape index (κ1) is 12.3. The third kappa shape index (κ3) is 4.04. The Hall–Kier alpha value is -0.120. The fourth-order valence-electron chi connectivity index (χ4n) is 2.88. The van der Waals surface area contributed by atoms with E-state index >= 15 is 0 Å². The molecule has 0 aliphatic carbocycles.